The van der Waals surface area contributed by atoms with Gasteiger partial charge < -0.3 is 0 Å². The largest absolute Gasteiger partial charge is 0.460 e. The lowest BCUT2D eigenvalue weighted by atomic mass is 9.63. The predicted molar refractivity (Wildman–Crippen MR) is 102 cm³/mol. The van der Waals surface area contributed by atoms with Crippen molar-refractivity contribution in [2.45, 2.75) is 97.1 Å². The second-order valence-corrected chi connectivity index (χ2v) is 11.5. The number of fused-ring (bicyclic) bond motifs is 1. The predicted octanol–water partition coefficient (Wildman–Crippen LogP) is 8.42. The molecular weight excluding hydrogens is 409 g/mol. The molecule has 5 unspecified atom stereocenters. The van der Waals surface area contributed by atoms with Crippen LogP contribution in [-0.4, -0.2) is 18.0 Å². The molecule has 3 aliphatic carbocycles. The molecular formula is C23H33F7. The zero-order valence-electron chi connectivity index (χ0n) is 18.2. The van der Waals surface area contributed by atoms with Crippen molar-refractivity contribution < 1.29 is 30.7 Å². The van der Waals surface area contributed by atoms with Crippen molar-refractivity contribution in [2.24, 2.45) is 34.0 Å². The number of hydrogen-bond acceptors (Lipinski definition) is 0. The van der Waals surface area contributed by atoms with Crippen LogP contribution in [0.15, 0.2) is 12.2 Å². The highest BCUT2D eigenvalue weighted by atomic mass is 19.4. The van der Waals surface area contributed by atoms with E-state index in [4.69, 9.17) is 0 Å². The van der Waals surface area contributed by atoms with E-state index >= 15 is 0 Å². The monoisotopic (exact) mass is 442 g/mol. The topological polar surface area (TPSA) is 0 Å². The summed E-state index contributed by atoms with van der Waals surface area (Å²) in [6.07, 6.45) is -0.827. The van der Waals surface area contributed by atoms with Gasteiger partial charge in [0.1, 0.15) is 0 Å². The first-order chi connectivity index (χ1) is 13.4. The maximum atomic E-state index is 14.3. The molecule has 3 rings (SSSR count). The average molecular weight is 443 g/mol. The van der Waals surface area contributed by atoms with Gasteiger partial charge in [0.15, 0.2) is 0 Å². The van der Waals surface area contributed by atoms with Crippen LogP contribution in [0.1, 0.15) is 79.1 Å². The summed E-state index contributed by atoms with van der Waals surface area (Å²) in [5, 5.41) is 0. The highest BCUT2D eigenvalue weighted by molar-refractivity contribution is 5.19. The van der Waals surface area contributed by atoms with Gasteiger partial charge in [0.2, 0.25) is 0 Å². The van der Waals surface area contributed by atoms with Crippen molar-refractivity contribution >= 4 is 0 Å². The van der Waals surface area contributed by atoms with Crippen molar-refractivity contribution in [1.82, 2.24) is 0 Å². The molecule has 0 spiro atoms. The molecule has 0 aromatic heterocycles. The normalized spacial score (nSPS) is 35.4. The van der Waals surface area contributed by atoms with Crippen LogP contribution in [0.2, 0.25) is 0 Å². The minimum absolute atomic E-state index is 0.0343. The molecule has 0 heterocycles. The van der Waals surface area contributed by atoms with Gasteiger partial charge in [0.05, 0.1) is 0 Å². The minimum Gasteiger partial charge on any atom is -0.194 e. The van der Waals surface area contributed by atoms with E-state index in [1.807, 2.05) is 0 Å². The first-order valence-electron chi connectivity index (χ1n) is 10.9. The molecule has 3 aliphatic rings. The summed E-state index contributed by atoms with van der Waals surface area (Å²) in [7, 11) is 0. The molecule has 0 amide bonds. The Kier molecular flexibility index (Phi) is 5.48. The highest BCUT2D eigenvalue weighted by Crippen LogP contribution is 2.66. The maximum absolute atomic E-state index is 14.3. The van der Waals surface area contributed by atoms with Crippen LogP contribution >= 0.6 is 0 Å². The molecule has 0 bridgehead atoms. The third kappa shape index (κ3) is 4.03. The number of alkyl halides is 7. The molecule has 7 heteroatoms. The van der Waals surface area contributed by atoms with E-state index < -0.39 is 35.4 Å². The van der Waals surface area contributed by atoms with Gasteiger partial charge in [0, 0.05) is 0 Å². The Hall–Kier alpha value is -0.750. The molecule has 0 aliphatic heterocycles. The van der Waals surface area contributed by atoms with Crippen LogP contribution in [0.5, 0.6) is 0 Å². The van der Waals surface area contributed by atoms with Gasteiger partial charge in [-0.2, -0.15) is 30.7 Å². The standard InChI is InChI=1S/C23H33F7/c1-14(21(24,25)22(26,27)23(28,29)30)11-19(4,9-7-16-12-18(16,2)3)15-6-8-20(5)13-17(20)10-15/h15-17H,1,6-13H2,2-5H3. The van der Waals surface area contributed by atoms with Crippen LogP contribution in [0.4, 0.5) is 30.7 Å². The van der Waals surface area contributed by atoms with Gasteiger partial charge in [-0.1, -0.05) is 34.3 Å². The summed E-state index contributed by atoms with van der Waals surface area (Å²) < 4.78 is 93.7. The van der Waals surface area contributed by atoms with Crippen LogP contribution < -0.4 is 0 Å². The molecule has 5 atom stereocenters. The lowest BCUT2D eigenvalue weighted by Crippen LogP contribution is -2.53. The number of rotatable bonds is 8. The quantitative estimate of drug-likeness (QED) is 0.261. The lowest BCUT2D eigenvalue weighted by Gasteiger charge is -2.43. The van der Waals surface area contributed by atoms with Gasteiger partial charge in [-0.25, -0.2) is 0 Å². The zero-order chi connectivity index (χ0) is 23.0. The Bertz CT molecular complexity index is 692. The molecule has 0 nitrogen and oxygen atoms in total. The summed E-state index contributed by atoms with van der Waals surface area (Å²) in [6.45, 7) is 11.3. The summed E-state index contributed by atoms with van der Waals surface area (Å²) >= 11 is 0. The van der Waals surface area contributed by atoms with E-state index in [2.05, 4.69) is 27.4 Å². The third-order valence-electron chi connectivity index (χ3n) is 8.75. The fraction of sp³-hybridized carbons (Fsp3) is 0.913. The molecule has 0 aromatic carbocycles. The number of halogens is 7. The first-order valence-corrected chi connectivity index (χ1v) is 10.9. The maximum Gasteiger partial charge on any atom is 0.460 e. The van der Waals surface area contributed by atoms with Crippen molar-refractivity contribution in [3.05, 3.63) is 12.2 Å². The molecule has 3 fully saturated rings. The molecule has 0 saturated heterocycles. The summed E-state index contributed by atoms with van der Waals surface area (Å²) in [6, 6.07) is 0. The van der Waals surface area contributed by atoms with Gasteiger partial charge in [0.25, 0.3) is 0 Å². The molecule has 174 valence electrons. The Morgan fingerprint density at radius 3 is 2.03 bits per heavy atom. The summed E-state index contributed by atoms with van der Waals surface area (Å²) in [5.41, 5.74) is -1.58. The van der Waals surface area contributed by atoms with Gasteiger partial charge >= 0.3 is 18.0 Å². The van der Waals surface area contributed by atoms with Crippen LogP contribution in [0.3, 0.4) is 0 Å². The van der Waals surface area contributed by atoms with E-state index in [0.29, 0.717) is 23.7 Å². The van der Waals surface area contributed by atoms with Crippen molar-refractivity contribution in [2.75, 3.05) is 0 Å². The van der Waals surface area contributed by atoms with Gasteiger partial charge in [-0.3, -0.25) is 0 Å². The smallest absolute Gasteiger partial charge is 0.194 e. The number of allylic oxidation sites excluding steroid dienone is 1. The second kappa shape index (κ2) is 6.87. The van der Waals surface area contributed by atoms with E-state index in [1.165, 1.54) is 0 Å². The van der Waals surface area contributed by atoms with E-state index in [0.717, 1.165) is 38.5 Å². The molecule has 3 saturated carbocycles. The van der Waals surface area contributed by atoms with Crippen LogP contribution in [-0.2, 0) is 0 Å². The second-order valence-electron chi connectivity index (χ2n) is 11.5. The SMILES string of the molecule is C=C(CC(C)(CCC1CC1(C)C)C1CCC2(C)CC2C1)C(F)(F)C(F)(F)C(F)(F)F. The highest BCUT2D eigenvalue weighted by Gasteiger charge is 2.74. The Morgan fingerprint density at radius 2 is 1.57 bits per heavy atom. The first kappa shape index (κ1) is 23.9. The fourth-order valence-corrected chi connectivity index (χ4v) is 5.78. The fourth-order valence-electron chi connectivity index (χ4n) is 5.78. The van der Waals surface area contributed by atoms with Crippen molar-refractivity contribution in [3.8, 4) is 0 Å². The molecule has 0 aromatic rings. The van der Waals surface area contributed by atoms with E-state index in [9.17, 15) is 30.7 Å². The van der Waals surface area contributed by atoms with E-state index in [1.54, 1.807) is 6.92 Å². The average Bonchev–Trinajstić information content (AvgIpc) is 3.44. The Labute approximate surface area is 174 Å². The summed E-state index contributed by atoms with van der Waals surface area (Å²) in [5.74, 6) is -10.5. The van der Waals surface area contributed by atoms with Crippen LogP contribution in [0, 0.1) is 34.0 Å². The molecule has 0 radical (unpaired) electrons. The molecule has 30 heavy (non-hydrogen) atoms. The zero-order valence-corrected chi connectivity index (χ0v) is 18.2. The Morgan fingerprint density at radius 1 is 1.00 bits per heavy atom. The Balaban J connectivity index is 1.78. The van der Waals surface area contributed by atoms with Crippen molar-refractivity contribution in [1.29, 1.82) is 0 Å². The van der Waals surface area contributed by atoms with Gasteiger partial charge in [-0.15, -0.1) is 0 Å². The minimum atomic E-state index is -6.32. The number of hydrogen-bond donors (Lipinski definition) is 0. The lowest BCUT2D eigenvalue weighted by molar-refractivity contribution is -0.345. The van der Waals surface area contributed by atoms with E-state index in [-0.39, 0.29) is 11.3 Å². The van der Waals surface area contributed by atoms with Crippen LogP contribution in [0.25, 0.3) is 0 Å². The van der Waals surface area contributed by atoms with Crippen molar-refractivity contribution in [3.63, 3.8) is 0 Å². The molecule has 0 N–H and O–H groups in total. The van der Waals surface area contributed by atoms with Gasteiger partial charge in [-0.05, 0) is 90.9 Å². The third-order valence-corrected chi connectivity index (χ3v) is 8.75. The summed E-state index contributed by atoms with van der Waals surface area (Å²) in [4.78, 5) is 0.